The minimum absolute atomic E-state index is 0.0584. The highest BCUT2D eigenvalue weighted by Gasteiger charge is 2.39. The minimum Gasteiger partial charge on any atom is -0.364 e. The van der Waals surface area contributed by atoms with Crippen LogP contribution in [-0.4, -0.2) is 63.4 Å². The third-order valence-electron chi connectivity index (χ3n) is 8.61. The van der Waals surface area contributed by atoms with Gasteiger partial charge in [-0.15, -0.1) is 0 Å². The van der Waals surface area contributed by atoms with Crippen molar-refractivity contribution in [2.75, 3.05) is 31.1 Å². The van der Waals surface area contributed by atoms with Crippen LogP contribution < -0.4 is 4.90 Å². The molecule has 6 nitrogen and oxygen atoms in total. The Kier molecular flexibility index (Phi) is 8.46. The Balaban J connectivity index is 1.24. The Bertz CT molecular complexity index is 1260. The molecule has 1 amide bonds. The Labute approximate surface area is 241 Å². The van der Waals surface area contributed by atoms with Crippen LogP contribution in [-0.2, 0) is 6.54 Å². The number of nitrogens with zero attached hydrogens (tertiary/aromatic N) is 5. The van der Waals surface area contributed by atoms with Crippen LogP contribution in [0, 0.1) is 13.8 Å². The first-order valence-corrected chi connectivity index (χ1v) is 14.6. The number of hydrogen-bond acceptors (Lipinski definition) is 5. The van der Waals surface area contributed by atoms with Crippen LogP contribution in [0.3, 0.4) is 0 Å². The molecule has 3 aromatic rings. The molecule has 0 saturated carbocycles. The van der Waals surface area contributed by atoms with Gasteiger partial charge in [-0.1, -0.05) is 53.5 Å². The summed E-state index contributed by atoms with van der Waals surface area (Å²) in [6.07, 6.45) is 5.59. The third-order valence-corrected chi connectivity index (χ3v) is 9.05. The van der Waals surface area contributed by atoms with Gasteiger partial charge in [0.05, 0.1) is 17.0 Å². The molecular formula is C31H37Cl2N5O. The van der Waals surface area contributed by atoms with E-state index in [4.69, 9.17) is 23.2 Å². The summed E-state index contributed by atoms with van der Waals surface area (Å²) in [5.74, 6) is 0.0584. The summed E-state index contributed by atoms with van der Waals surface area (Å²) in [7, 11) is 0. The predicted molar refractivity (Wildman–Crippen MR) is 159 cm³/mol. The van der Waals surface area contributed by atoms with Crippen LogP contribution in [0.1, 0.15) is 59.9 Å². The normalized spacial score (nSPS) is 18.2. The zero-order chi connectivity index (χ0) is 27.6. The smallest absolute Gasteiger partial charge is 0.257 e. The van der Waals surface area contributed by atoms with Crippen LogP contribution in [0.15, 0.2) is 54.9 Å². The number of amides is 1. The monoisotopic (exact) mass is 565 g/mol. The maximum atomic E-state index is 13.3. The lowest BCUT2D eigenvalue weighted by molar-refractivity contribution is 0.0170. The number of piperidine rings is 2. The Hall–Kier alpha value is -2.67. The number of hydrogen-bond donors (Lipinski definition) is 0. The van der Waals surface area contributed by atoms with E-state index in [1.54, 1.807) is 6.07 Å². The van der Waals surface area contributed by atoms with Crippen molar-refractivity contribution in [3.63, 3.8) is 0 Å². The van der Waals surface area contributed by atoms with Crippen molar-refractivity contribution in [1.82, 2.24) is 19.8 Å². The molecule has 0 unspecified atom stereocenters. The molecule has 206 valence electrons. The van der Waals surface area contributed by atoms with Gasteiger partial charge >= 0.3 is 0 Å². The summed E-state index contributed by atoms with van der Waals surface area (Å²) in [4.78, 5) is 28.9. The number of benzene rings is 2. The number of aryl methyl sites for hydroxylation is 2. The van der Waals surface area contributed by atoms with Crippen LogP contribution in [0.2, 0.25) is 10.0 Å². The highest BCUT2D eigenvalue weighted by atomic mass is 35.5. The molecule has 2 aliphatic rings. The SMILES string of the molecule is Cc1ncnc(C)c1C(=O)N1CCC(C)(N2CCC(N(Cc3ccccc3)c3cc(Cl)cc(Cl)c3)CC2)CC1. The van der Waals surface area contributed by atoms with Crippen molar-refractivity contribution in [3.05, 3.63) is 87.4 Å². The molecule has 39 heavy (non-hydrogen) atoms. The first-order chi connectivity index (χ1) is 18.7. The van der Waals surface area contributed by atoms with Crippen LogP contribution in [0.25, 0.3) is 0 Å². The molecule has 0 atom stereocenters. The molecule has 0 spiro atoms. The average Bonchev–Trinajstić information content (AvgIpc) is 2.92. The summed E-state index contributed by atoms with van der Waals surface area (Å²) in [5.41, 5.74) is 4.59. The van der Waals surface area contributed by atoms with Gasteiger partial charge in [-0.05, 0) is 70.2 Å². The van der Waals surface area contributed by atoms with E-state index < -0.39 is 0 Å². The Morgan fingerprint density at radius 3 is 2.13 bits per heavy atom. The molecule has 2 saturated heterocycles. The molecule has 2 fully saturated rings. The van der Waals surface area contributed by atoms with E-state index in [2.05, 4.69) is 57.0 Å². The van der Waals surface area contributed by atoms with E-state index >= 15 is 0 Å². The van der Waals surface area contributed by atoms with E-state index in [9.17, 15) is 4.79 Å². The quantitative estimate of drug-likeness (QED) is 0.338. The topological polar surface area (TPSA) is 52.6 Å². The van der Waals surface area contributed by atoms with E-state index in [0.29, 0.717) is 21.7 Å². The van der Waals surface area contributed by atoms with Crippen molar-refractivity contribution in [2.45, 2.75) is 64.6 Å². The predicted octanol–water partition coefficient (Wildman–Crippen LogP) is 6.57. The summed E-state index contributed by atoms with van der Waals surface area (Å²) in [5, 5.41) is 1.32. The largest absolute Gasteiger partial charge is 0.364 e. The fourth-order valence-corrected chi connectivity index (χ4v) is 6.72. The molecule has 2 aromatic carbocycles. The maximum absolute atomic E-state index is 13.3. The summed E-state index contributed by atoms with van der Waals surface area (Å²) in [6.45, 7) is 10.5. The van der Waals surface area contributed by atoms with Crippen LogP contribution in [0.4, 0.5) is 5.69 Å². The highest BCUT2D eigenvalue weighted by Crippen LogP contribution is 2.35. The second-order valence-electron chi connectivity index (χ2n) is 11.2. The van der Waals surface area contributed by atoms with Gasteiger partial charge in [0.1, 0.15) is 6.33 Å². The van der Waals surface area contributed by atoms with E-state index in [0.717, 1.165) is 75.5 Å². The van der Waals surface area contributed by atoms with Gasteiger partial charge in [-0.2, -0.15) is 0 Å². The lowest BCUT2D eigenvalue weighted by Gasteiger charge is -2.50. The van der Waals surface area contributed by atoms with Gasteiger partial charge in [0.25, 0.3) is 5.91 Å². The number of aromatic nitrogens is 2. The molecule has 8 heteroatoms. The fourth-order valence-electron chi connectivity index (χ4n) is 6.20. The summed E-state index contributed by atoms with van der Waals surface area (Å²) < 4.78 is 0. The Morgan fingerprint density at radius 2 is 1.54 bits per heavy atom. The second-order valence-corrected chi connectivity index (χ2v) is 12.0. The van der Waals surface area contributed by atoms with Gasteiger partial charge in [-0.25, -0.2) is 9.97 Å². The van der Waals surface area contributed by atoms with E-state index in [-0.39, 0.29) is 11.4 Å². The standard InChI is InChI=1S/C31H37Cl2N5O/c1-22-29(23(2)35-21-34-22)30(39)36-15-11-31(3,12-16-36)37-13-9-27(10-14-37)38(20-24-7-5-4-6-8-24)28-18-25(32)17-26(33)19-28/h4-8,17-19,21,27H,9-16,20H2,1-3H3. The zero-order valence-electron chi connectivity index (χ0n) is 23.0. The van der Waals surface area contributed by atoms with E-state index in [1.165, 1.54) is 11.9 Å². The minimum atomic E-state index is 0.0584. The lowest BCUT2D eigenvalue weighted by Crippen LogP contribution is -2.58. The number of carbonyl (C=O) groups is 1. The third kappa shape index (κ3) is 6.24. The fraction of sp³-hybridized carbons (Fsp3) is 0.452. The molecular weight excluding hydrogens is 529 g/mol. The molecule has 0 radical (unpaired) electrons. The van der Waals surface area contributed by atoms with Crippen molar-refractivity contribution in [1.29, 1.82) is 0 Å². The summed E-state index contributed by atoms with van der Waals surface area (Å²) in [6, 6.07) is 16.8. The van der Waals surface area contributed by atoms with Crippen LogP contribution in [0.5, 0.6) is 0 Å². The number of likely N-dealkylation sites (tertiary alicyclic amines) is 2. The Morgan fingerprint density at radius 1 is 0.949 bits per heavy atom. The van der Waals surface area contributed by atoms with Crippen molar-refractivity contribution in [2.24, 2.45) is 0 Å². The first-order valence-electron chi connectivity index (χ1n) is 13.8. The average molecular weight is 567 g/mol. The van der Waals surface area contributed by atoms with Crippen molar-refractivity contribution in [3.8, 4) is 0 Å². The van der Waals surface area contributed by atoms with Gasteiger partial charge in [0, 0.05) is 60.0 Å². The summed E-state index contributed by atoms with van der Waals surface area (Å²) >= 11 is 12.8. The maximum Gasteiger partial charge on any atom is 0.257 e. The molecule has 5 rings (SSSR count). The molecule has 2 aliphatic heterocycles. The molecule has 0 aliphatic carbocycles. The number of halogens is 2. The van der Waals surface area contributed by atoms with Crippen LogP contribution >= 0.6 is 23.2 Å². The van der Waals surface area contributed by atoms with Gasteiger partial charge in [0.2, 0.25) is 0 Å². The lowest BCUT2D eigenvalue weighted by atomic mass is 9.85. The molecule has 0 bridgehead atoms. The first kappa shape index (κ1) is 27.9. The van der Waals surface area contributed by atoms with Gasteiger partial charge < -0.3 is 9.80 Å². The molecule has 1 aromatic heterocycles. The highest BCUT2D eigenvalue weighted by molar-refractivity contribution is 6.35. The molecule has 0 N–H and O–H groups in total. The zero-order valence-corrected chi connectivity index (χ0v) is 24.5. The van der Waals surface area contributed by atoms with Gasteiger partial charge in [0.15, 0.2) is 0 Å². The number of anilines is 1. The second kappa shape index (κ2) is 11.8. The number of carbonyl (C=O) groups excluding carboxylic acids is 1. The van der Waals surface area contributed by atoms with Crippen molar-refractivity contribution >= 4 is 34.8 Å². The number of rotatable bonds is 6. The van der Waals surface area contributed by atoms with Crippen molar-refractivity contribution < 1.29 is 4.79 Å². The van der Waals surface area contributed by atoms with E-state index in [1.807, 2.05) is 30.9 Å². The van der Waals surface area contributed by atoms with Gasteiger partial charge in [-0.3, -0.25) is 9.69 Å². The molecule has 3 heterocycles.